The van der Waals surface area contributed by atoms with Gasteiger partial charge in [0.15, 0.2) is 19.7 Å². The van der Waals surface area contributed by atoms with E-state index in [0.29, 0.717) is 12.2 Å². The number of carbonyl (C=O) groups is 1. The summed E-state index contributed by atoms with van der Waals surface area (Å²) in [7, 11) is -5.52. The largest absolute Gasteiger partial charge is 0.465 e. The van der Waals surface area contributed by atoms with Crippen LogP contribution in [0, 0.1) is 0 Å². The van der Waals surface area contributed by atoms with Crippen molar-refractivity contribution in [3.05, 3.63) is 53.6 Å². The van der Waals surface area contributed by atoms with Gasteiger partial charge in [-0.05, 0) is 35.9 Å². The third kappa shape index (κ3) is 3.98. The van der Waals surface area contributed by atoms with Crippen molar-refractivity contribution in [2.75, 3.05) is 30.6 Å². The molecule has 0 saturated carbocycles. The van der Waals surface area contributed by atoms with Crippen molar-refractivity contribution >= 4 is 31.3 Å². The molecule has 0 atom stereocenters. The van der Waals surface area contributed by atoms with E-state index in [0.717, 1.165) is 11.8 Å². The summed E-state index contributed by atoms with van der Waals surface area (Å²) in [4.78, 5) is 14.0. The molecule has 0 N–H and O–H groups in total. The van der Waals surface area contributed by atoms with Gasteiger partial charge >= 0.3 is 5.97 Å². The molecule has 0 radical (unpaired) electrons. The molecule has 3 rings (SSSR count). The highest BCUT2D eigenvalue weighted by molar-refractivity contribution is 7.91. The minimum atomic E-state index is -3.44. The summed E-state index contributed by atoms with van der Waals surface area (Å²) < 4.78 is 53.0. The summed E-state index contributed by atoms with van der Waals surface area (Å²) in [5.41, 5.74) is 1.39. The molecular weight excluding hydrogens is 390 g/mol. The van der Waals surface area contributed by atoms with E-state index in [9.17, 15) is 21.6 Å². The number of nitrogens with zero attached hydrogens (tertiary/aromatic N) is 1. The highest BCUT2D eigenvalue weighted by Crippen LogP contribution is 2.33. The summed E-state index contributed by atoms with van der Waals surface area (Å²) in [6, 6.07) is 10.9. The maximum Gasteiger partial charge on any atom is 0.337 e. The van der Waals surface area contributed by atoms with E-state index in [-0.39, 0.29) is 27.7 Å². The van der Waals surface area contributed by atoms with E-state index >= 15 is 0 Å². The van der Waals surface area contributed by atoms with Gasteiger partial charge in [0.2, 0.25) is 0 Å². The standard InChI is InChI=1S/C18H19NO6S2/c1-25-18(20)14-6-7-17-16(11-14)19(8-9-27(17,23)24)12-13-4-3-5-15(10-13)26(2,21)22/h3-7,10-11H,8-9,12H2,1-2H3. The minimum absolute atomic E-state index is 0.0522. The van der Waals surface area contributed by atoms with Crippen molar-refractivity contribution < 1.29 is 26.4 Å². The lowest BCUT2D eigenvalue weighted by Gasteiger charge is -2.31. The lowest BCUT2D eigenvalue weighted by molar-refractivity contribution is 0.0600. The number of fused-ring (bicyclic) bond motifs is 1. The van der Waals surface area contributed by atoms with Crippen LogP contribution in [0.5, 0.6) is 0 Å². The molecule has 0 spiro atoms. The Morgan fingerprint density at radius 2 is 1.93 bits per heavy atom. The predicted molar refractivity (Wildman–Crippen MR) is 100 cm³/mol. The van der Waals surface area contributed by atoms with Gasteiger partial charge in [0.1, 0.15) is 0 Å². The summed E-state index contributed by atoms with van der Waals surface area (Å²) in [5, 5.41) is 0. The number of esters is 1. The summed E-state index contributed by atoms with van der Waals surface area (Å²) >= 11 is 0. The van der Waals surface area contributed by atoms with E-state index in [1.54, 1.807) is 18.2 Å². The number of hydrogen-bond donors (Lipinski definition) is 0. The van der Waals surface area contributed by atoms with Crippen molar-refractivity contribution in [2.45, 2.75) is 16.3 Å². The van der Waals surface area contributed by atoms with E-state index in [1.165, 1.54) is 31.4 Å². The van der Waals surface area contributed by atoms with Crippen LogP contribution in [0.25, 0.3) is 0 Å². The Morgan fingerprint density at radius 3 is 2.59 bits per heavy atom. The van der Waals surface area contributed by atoms with Gasteiger partial charge in [0.05, 0.1) is 33.9 Å². The zero-order valence-electron chi connectivity index (χ0n) is 14.9. The number of rotatable bonds is 4. The quantitative estimate of drug-likeness (QED) is 0.709. The number of hydrogen-bond acceptors (Lipinski definition) is 7. The second kappa shape index (κ2) is 6.97. The zero-order chi connectivity index (χ0) is 19.8. The Bertz CT molecular complexity index is 1110. The molecule has 1 heterocycles. The van der Waals surface area contributed by atoms with Gasteiger partial charge in [-0.2, -0.15) is 0 Å². The van der Waals surface area contributed by atoms with E-state index in [2.05, 4.69) is 0 Å². The first-order chi connectivity index (χ1) is 12.6. The van der Waals surface area contributed by atoms with Crippen LogP contribution in [-0.2, 0) is 31.0 Å². The molecule has 2 aromatic rings. The predicted octanol–water partition coefficient (Wildman–Crippen LogP) is 1.67. The number of benzene rings is 2. The Balaban J connectivity index is 2.02. The molecule has 0 fully saturated rings. The first-order valence-corrected chi connectivity index (χ1v) is 11.7. The molecule has 7 nitrogen and oxygen atoms in total. The fraction of sp³-hybridized carbons (Fsp3) is 0.278. The number of anilines is 1. The molecule has 0 unspecified atom stereocenters. The van der Waals surface area contributed by atoms with Crippen molar-refractivity contribution in [2.24, 2.45) is 0 Å². The molecule has 2 aromatic carbocycles. The lowest BCUT2D eigenvalue weighted by atomic mass is 10.1. The highest BCUT2D eigenvalue weighted by Gasteiger charge is 2.29. The number of carbonyl (C=O) groups excluding carboxylic acids is 1. The third-order valence-electron chi connectivity index (χ3n) is 4.39. The van der Waals surface area contributed by atoms with Crippen LogP contribution in [0.1, 0.15) is 15.9 Å². The van der Waals surface area contributed by atoms with Gasteiger partial charge < -0.3 is 9.64 Å². The van der Waals surface area contributed by atoms with Crippen LogP contribution >= 0.6 is 0 Å². The molecule has 0 amide bonds. The molecular formula is C18H19NO6S2. The molecule has 0 saturated heterocycles. The van der Waals surface area contributed by atoms with Gasteiger partial charge in [-0.15, -0.1) is 0 Å². The Hall–Kier alpha value is -2.39. The van der Waals surface area contributed by atoms with Gasteiger partial charge in [-0.25, -0.2) is 21.6 Å². The fourth-order valence-electron chi connectivity index (χ4n) is 2.99. The van der Waals surface area contributed by atoms with E-state index < -0.39 is 25.6 Å². The second-order valence-corrected chi connectivity index (χ2v) is 10.4. The van der Waals surface area contributed by atoms with E-state index in [4.69, 9.17) is 4.74 Å². The molecule has 0 aliphatic carbocycles. The van der Waals surface area contributed by atoms with Gasteiger partial charge in [-0.3, -0.25) is 0 Å². The van der Waals surface area contributed by atoms with Crippen LogP contribution in [0.4, 0.5) is 5.69 Å². The third-order valence-corrected chi connectivity index (χ3v) is 7.23. The van der Waals surface area contributed by atoms with Gasteiger partial charge in [0.25, 0.3) is 0 Å². The molecule has 9 heteroatoms. The number of ether oxygens (including phenoxy) is 1. The Labute approximate surface area is 158 Å². The summed E-state index contributed by atoms with van der Waals surface area (Å²) in [6.45, 7) is 0.555. The smallest absolute Gasteiger partial charge is 0.337 e. The van der Waals surface area contributed by atoms with Crippen LogP contribution in [0.2, 0.25) is 0 Å². The van der Waals surface area contributed by atoms with Gasteiger partial charge in [-0.1, -0.05) is 12.1 Å². The maximum atomic E-state index is 12.4. The SMILES string of the molecule is COC(=O)c1ccc2c(c1)N(Cc1cccc(S(C)(=O)=O)c1)CCS2(=O)=O. The lowest BCUT2D eigenvalue weighted by Crippen LogP contribution is -2.35. The van der Waals surface area contributed by atoms with Crippen molar-refractivity contribution in [3.63, 3.8) is 0 Å². The average molecular weight is 409 g/mol. The topological polar surface area (TPSA) is 97.8 Å². The number of methoxy groups -OCH3 is 1. The minimum Gasteiger partial charge on any atom is -0.465 e. The van der Waals surface area contributed by atoms with Crippen LogP contribution in [0.3, 0.4) is 0 Å². The molecule has 0 aromatic heterocycles. The van der Waals surface area contributed by atoms with Crippen LogP contribution in [-0.4, -0.2) is 48.5 Å². The first kappa shape index (κ1) is 19.4. The van der Waals surface area contributed by atoms with Crippen molar-refractivity contribution in [3.8, 4) is 0 Å². The normalized spacial score (nSPS) is 15.9. The Kier molecular flexibility index (Phi) is 5.00. The fourth-order valence-corrected chi connectivity index (χ4v) is 5.15. The average Bonchev–Trinajstić information content (AvgIpc) is 2.63. The second-order valence-electron chi connectivity index (χ2n) is 6.33. The van der Waals surface area contributed by atoms with Gasteiger partial charge in [0, 0.05) is 19.3 Å². The number of sulfone groups is 2. The van der Waals surface area contributed by atoms with Crippen molar-refractivity contribution in [1.82, 2.24) is 0 Å². The van der Waals surface area contributed by atoms with Crippen molar-refractivity contribution in [1.29, 1.82) is 0 Å². The monoisotopic (exact) mass is 409 g/mol. The zero-order valence-corrected chi connectivity index (χ0v) is 16.5. The van der Waals surface area contributed by atoms with E-state index in [1.807, 2.05) is 4.90 Å². The molecule has 27 heavy (non-hydrogen) atoms. The Morgan fingerprint density at radius 1 is 1.19 bits per heavy atom. The highest BCUT2D eigenvalue weighted by atomic mass is 32.2. The molecule has 1 aliphatic rings. The first-order valence-electron chi connectivity index (χ1n) is 8.11. The van der Waals surface area contributed by atoms with Crippen LogP contribution in [0.15, 0.2) is 52.3 Å². The molecule has 144 valence electrons. The molecule has 1 aliphatic heterocycles. The maximum absolute atomic E-state index is 12.4. The summed E-state index contributed by atoms with van der Waals surface area (Å²) in [5.74, 6) is -0.608. The molecule has 0 bridgehead atoms. The summed E-state index contributed by atoms with van der Waals surface area (Å²) in [6.07, 6.45) is 1.14. The van der Waals surface area contributed by atoms with Crippen LogP contribution < -0.4 is 4.90 Å².